The molecule has 1 N–H and O–H groups in total. The number of aliphatic carboxylic acids is 1. The Hall–Kier alpha value is -2.09. The third kappa shape index (κ3) is 2.22. The van der Waals surface area contributed by atoms with E-state index in [0.717, 1.165) is 18.4 Å². The average molecular weight is 266 g/mol. The van der Waals surface area contributed by atoms with E-state index in [1.807, 2.05) is 24.3 Å². The topological polar surface area (TPSA) is 37.3 Å². The van der Waals surface area contributed by atoms with E-state index in [-0.39, 0.29) is 5.92 Å². The Kier molecular flexibility index (Phi) is 3.31. The molecule has 1 aliphatic rings. The largest absolute Gasteiger partial charge is 0.478 e. The molecule has 2 unspecified atom stereocenters. The molecule has 20 heavy (non-hydrogen) atoms. The van der Waals surface area contributed by atoms with E-state index in [1.54, 1.807) is 0 Å². The van der Waals surface area contributed by atoms with Crippen LogP contribution in [0.1, 0.15) is 31.2 Å². The second-order valence-corrected chi connectivity index (χ2v) is 5.66. The highest BCUT2D eigenvalue weighted by atomic mass is 16.4. The van der Waals surface area contributed by atoms with Crippen LogP contribution in [0, 0.1) is 5.92 Å². The van der Waals surface area contributed by atoms with Crippen molar-refractivity contribution >= 4 is 16.7 Å². The van der Waals surface area contributed by atoms with Crippen LogP contribution in [0.25, 0.3) is 10.8 Å². The molecular formula is C18H18O2. The predicted octanol–water partition coefficient (Wildman–Crippen LogP) is 4.36. The van der Waals surface area contributed by atoms with Gasteiger partial charge in [0.25, 0.3) is 0 Å². The Morgan fingerprint density at radius 1 is 1.15 bits per heavy atom. The molecule has 0 saturated heterocycles. The molecule has 102 valence electrons. The van der Waals surface area contributed by atoms with Crippen LogP contribution in [0.3, 0.4) is 0 Å². The SMILES string of the molecule is CC1CC=C(C(=O)O)C(c2cccc3ccccc23)C1. The highest BCUT2D eigenvalue weighted by Gasteiger charge is 2.28. The summed E-state index contributed by atoms with van der Waals surface area (Å²) in [6, 6.07) is 14.4. The van der Waals surface area contributed by atoms with Crippen molar-refractivity contribution in [3.05, 3.63) is 59.7 Å². The number of carboxylic acids is 1. The first-order valence-electron chi connectivity index (χ1n) is 7.08. The molecule has 1 aliphatic carbocycles. The summed E-state index contributed by atoms with van der Waals surface area (Å²) in [6.07, 6.45) is 3.68. The van der Waals surface area contributed by atoms with Gasteiger partial charge in [-0.05, 0) is 35.1 Å². The van der Waals surface area contributed by atoms with E-state index in [4.69, 9.17) is 0 Å². The molecule has 2 aromatic rings. The highest BCUT2D eigenvalue weighted by molar-refractivity contribution is 5.92. The third-order valence-electron chi connectivity index (χ3n) is 4.20. The van der Waals surface area contributed by atoms with Gasteiger partial charge < -0.3 is 5.11 Å². The molecule has 0 aromatic heterocycles. The molecule has 3 rings (SSSR count). The summed E-state index contributed by atoms with van der Waals surface area (Å²) in [5.74, 6) is -0.251. The maximum atomic E-state index is 11.5. The van der Waals surface area contributed by atoms with Crippen LogP contribution in [0.15, 0.2) is 54.1 Å². The number of rotatable bonds is 2. The van der Waals surface area contributed by atoms with Gasteiger partial charge in [-0.25, -0.2) is 4.79 Å². The third-order valence-corrected chi connectivity index (χ3v) is 4.20. The van der Waals surface area contributed by atoms with Gasteiger partial charge in [0, 0.05) is 11.5 Å². The maximum absolute atomic E-state index is 11.5. The second kappa shape index (κ2) is 5.12. The first-order chi connectivity index (χ1) is 9.66. The number of allylic oxidation sites excluding steroid dienone is 1. The summed E-state index contributed by atoms with van der Waals surface area (Å²) in [7, 11) is 0. The van der Waals surface area contributed by atoms with E-state index < -0.39 is 5.97 Å². The Morgan fingerprint density at radius 3 is 2.70 bits per heavy atom. The number of fused-ring (bicyclic) bond motifs is 1. The molecule has 2 nitrogen and oxygen atoms in total. The summed E-state index contributed by atoms with van der Waals surface area (Å²) in [5.41, 5.74) is 1.70. The van der Waals surface area contributed by atoms with Crippen molar-refractivity contribution in [3.8, 4) is 0 Å². The van der Waals surface area contributed by atoms with Gasteiger partial charge in [0.15, 0.2) is 0 Å². The van der Waals surface area contributed by atoms with Crippen molar-refractivity contribution in [2.24, 2.45) is 5.92 Å². The first-order valence-corrected chi connectivity index (χ1v) is 7.08. The van der Waals surface area contributed by atoms with E-state index >= 15 is 0 Å². The predicted molar refractivity (Wildman–Crippen MR) is 80.8 cm³/mol. The minimum Gasteiger partial charge on any atom is -0.478 e. The van der Waals surface area contributed by atoms with Crippen molar-refractivity contribution in [3.63, 3.8) is 0 Å². The van der Waals surface area contributed by atoms with Crippen molar-refractivity contribution in [1.82, 2.24) is 0 Å². The first kappa shape index (κ1) is 12.9. The number of benzene rings is 2. The smallest absolute Gasteiger partial charge is 0.331 e. The number of carbonyl (C=O) groups is 1. The quantitative estimate of drug-likeness (QED) is 0.876. The average Bonchev–Trinajstić information content (AvgIpc) is 2.46. The Labute approximate surface area is 118 Å². The number of carboxylic acid groups (broad SMARTS) is 1. The van der Waals surface area contributed by atoms with Gasteiger partial charge >= 0.3 is 5.97 Å². The maximum Gasteiger partial charge on any atom is 0.331 e. The fourth-order valence-electron chi connectivity index (χ4n) is 3.18. The lowest BCUT2D eigenvalue weighted by Crippen LogP contribution is -2.18. The fourth-order valence-corrected chi connectivity index (χ4v) is 3.18. The molecule has 0 fully saturated rings. The molecule has 2 aromatic carbocycles. The van der Waals surface area contributed by atoms with Crippen molar-refractivity contribution in [1.29, 1.82) is 0 Å². The van der Waals surface area contributed by atoms with Crippen LogP contribution in [0.4, 0.5) is 0 Å². The molecule has 0 bridgehead atoms. The van der Waals surface area contributed by atoms with Crippen LogP contribution in [-0.2, 0) is 4.79 Å². The van der Waals surface area contributed by atoms with Crippen LogP contribution in [0.2, 0.25) is 0 Å². The normalized spacial score (nSPS) is 22.6. The van der Waals surface area contributed by atoms with Gasteiger partial charge in [0.1, 0.15) is 0 Å². The van der Waals surface area contributed by atoms with Crippen molar-refractivity contribution < 1.29 is 9.90 Å². The molecule has 0 amide bonds. The molecule has 0 aliphatic heterocycles. The lowest BCUT2D eigenvalue weighted by atomic mass is 9.77. The lowest BCUT2D eigenvalue weighted by molar-refractivity contribution is -0.133. The molecule has 2 heteroatoms. The second-order valence-electron chi connectivity index (χ2n) is 5.66. The van der Waals surface area contributed by atoms with Crippen LogP contribution >= 0.6 is 0 Å². The van der Waals surface area contributed by atoms with Crippen LogP contribution in [0.5, 0.6) is 0 Å². The summed E-state index contributed by atoms with van der Waals surface area (Å²) in [4.78, 5) is 11.5. The minimum absolute atomic E-state index is 0.00218. The Bertz CT molecular complexity index is 679. The molecule has 0 heterocycles. The van der Waals surface area contributed by atoms with Crippen molar-refractivity contribution in [2.75, 3.05) is 0 Å². The molecule has 0 saturated carbocycles. The van der Waals surface area contributed by atoms with Gasteiger partial charge in [-0.15, -0.1) is 0 Å². The standard InChI is InChI=1S/C18H18O2/c1-12-9-10-16(18(19)20)17(11-12)15-8-4-6-13-5-2-3-7-14(13)15/h2-8,10,12,17H,9,11H2,1H3,(H,19,20). The fraction of sp³-hybridized carbons (Fsp3) is 0.278. The van der Waals surface area contributed by atoms with Gasteiger partial charge in [-0.3, -0.25) is 0 Å². The molecule has 0 spiro atoms. The van der Waals surface area contributed by atoms with Crippen LogP contribution in [-0.4, -0.2) is 11.1 Å². The summed E-state index contributed by atoms with van der Waals surface area (Å²) < 4.78 is 0. The van der Waals surface area contributed by atoms with E-state index in [2.05, 4.69) is 31.2 Å². The van der Waals surface area contributed by atoms with E-state index in [1.165, 1.54) is 10.8 Å². The number of hydrogen-bond donors (Lipinski definition) is 1. The van der Waals surface area contributed by atoms with Gasteiger partial charge in [0.2, 0.25) is 0 Å². The van der Waals surface area contributed by atoms with Crippen LogP contribution < -0.4 is 0 Å². The summed E-state index contributed by atoms with van der Waals surface area (Å²) in [5, 5.41) is 11.8. The van der Waals surface area contributed by atoms with Gasteiger partial charge in [0.05, 0.1) is 0 Å². The molecule has 2 atom stereocenters. The molecule has 0 radical (unpaired) electrons. The number of hydrogen-bond acceptors (Lipinski definition) is 1. The Morgan fingerprint density at radius 2 is 1.90 bits per heavy atom. The van der Waals surface area contributed by atoms with E-state index in [0.29, 0.717) is 11.5 Å². The van der Waals surface area contributed by atoms with E-state index in [9.17, 15) is 9.90 Å². The summed E-state index contributed by atoms with van der Waals surface area (Å²) >= 11 is 0. The van der Waals surface area contributed by atoms with Crippen molar-refractivity contribution in [2.45, 2.75) is 25.7 Å². The summed E-state index contributed by atoms with van der Waals surface area (Å²) in [6.45, 7) is 2.19. The highest BCUT2D eigenvalue weighted by Crippen LogP contribution is 2.39. The minimum atomic E-state index is -0.783. The zero-order valence-electron chi connectivity index (χ0n) is 11.5. The lowest BCUT2D eigenvalue weighted by Gasteiger charge is -2.27. The van der Waals surface area contributed by atoms with Gasteiger partial charge in [-0.1, -0.05) is 55.5 Å². The van der Waals surface area contributed by atoms with Gasteiger partial charge in [-0.2, -0.15) is 0 Å². The monoisotopic (exact) mass is 266 g/mol. The zero-order chi connectivity index (χ0) is 14.1. The zero-order valence-corrected chi connectivity index (χ0v) is 11.5. The Balaban J connectivity index is 2.16. The molecular weight excluding hydrogens is 248 g/mol.